The van der Waals surface area contributed by atoms with Crippen molar-refractivity contribution in [3.05, 3.63) is 17.5 Å². The highest BCUT2D eigenvalue weighted by atomic mass is 32.2. The smallest absolute Gasteiger partial charge is 0.359 e. The predicted molar refractivity (Wildman–Crippen MR) is 85.6 cm³/mol. The summed E-state index contributed by atoms with van der Waals surface area (Å²) in [5.41, 5.74) is 1.01. The van der Waals surface area contributed by atoms with Gasteiger partial charge in [-0.2, -0.15) is 9.89 Å². The van der Waals surface area contributed by atoms with E-state index in [0.717, 1.165) is 4.79 Å². The largest absolute Gasteiger partial charge is 0.461 e. The molecule has 1 aromatic heterocycles. The summed E-state index contributed by atoms with van der Waals surface area (Å²) in [6.07, 6.45) is 5.85. The van der Waals surface area contributed by atoms with Gasteiger partial charge in [-0.3, -0.25) is 0 Å². The molecule has 0 spiro atoms. The number of nitrogen functional groups attached to an aromatic ring is 1. The van der Waals surface area contributed by atoms with Crippen molar-refractivity contribution in [3.8, 4) is 0 Å². The lowest BCUT2D eigenvalue weighted by Gasteiger charge is -2.27. The number of carbonyl (C=O) groups excluding carboxylic acids is 1. The standard InChI is InChI=1S/C14H26N3O3S/c1-7-19-12(18)11-10(8-16-17(11)15)9-20-13(21(5)6)14(2,3)4/h8,13H,7,9,15H2,1-6H3/q+1/t13-/m0/s1. The van der Waals surface area contributed by atoms with Crippen LogP contribution in [0.3, 0.4) is 0 Å². The van der Waals surface area contributed by atoms with Gasteiger partial charge in [0.05, 0.1) is 31.9 Å². The molecule has 1 aromatic rings. The molecule has 1 heterocycles. The van der Waals surface area contributed by atoms with Crippen LogP contribution >= 0.6 is 0 Å². The summed E-state index contributed by atoms with van der Waals surface area (Å²) in [7, 11) is 0.0928. The van der Waals surface area contributed by atoms with Gasteiger partial charge in [-0.05, 0) is 6.92 Å². The van der Waals surface area contributed by atoms with E-state index in [-0.39, 0.29) is 27.4 Å². The summed E-state index contributed by atoms with van der Waals surface area (Å²) in [5.74, 6) is 5.20. The van der Waals surface area contributed by atoms with Crippen molar-refractivity contribution >= 4 is 16.9 Å². The average Bonchev–Trinajstić information content (AvgIpc) is 2.69. The second-order valence-electron chi connectivity index (χ2n) is 6.07. The molecular weight excluding hydrogens is 290 g/mol. The molecule has 0 aliphatic carbocycles. The Morgan fingerprint density at radius 2 is 2.10 bits per heavy atom. The lowest BCUT2D eigenvalue weighted by atomic mass is 9.98. The van der Waals surface area contributed by atoms with Crippen molar-refractivity contribution in [2.24, 2.45) is 5.41 Å². The Balaban J connectivity index is 2.87. The van der Waals surface area contributed by atoms with E-state index in [9.17, 15) is 4.79 Å². The van der Waals surface area contributed by atoms with Gasteiger partial charge in [0.25, 0.3) is 0 Å². The van der Waals surface area contributed by atoms with Crippen molar-refractivity contribution in [1.29, 1.82) is 0 Å². The summed E-state index contributed by atoms with van der Waals surface area (Å²) in [6, 6.07) is 0. The summed E-state index contributed by atoms with van der Waals surface area (Å²) in [5, 5.41) is 3.92. The molecule has 7 heteroatoms. The molecule has 2 N–H and O–H groups in total. The summed E-state index contributed by atoms with van der Waals surface area (Å²) < 4.78 is 11.0. The van der Waals surface area contributed by atoms with Crippen LogP contribution in [0.4, 0.5) is 0 Å². The second-order valence-corrected chi connectivity index (χ2v) is 8.26. The fraction of sp³-hybridized carbons (Fsp3) is 0.714. The zero-order valence-electron chi connectivity index (χ0n) is 13.7. The van der Waals surface area contributed by atoms with Crippen molar-refractivity contribution in [2.45, 2.75) is 39.7 Å². The SMILES string of the molecule is CCOC(=O)c1c(CO[C@@H]([S+](C)C)C(C)(C)C)cnn1N. The van der Waals surface area contributed by atoms with E-state index in [1.165, 1.54) is 0 Å². The lowest BCUT2D eigenvalue weighted by molar-refractivity contribution is 0.0294. The number of rotatable bonds is 6. The van der Waals surface area contributed by atoms with Crippen LogP contribution in [0.1, 0.15) is 43.7 Å². The van der Waals surface area contributed by atoms with Gasteiger partial charge in [0.2, 0.25) is 5.44 Å². The fourth-order valence-corrected chi connectivity index (χ4v) is 3.94. The normalized spacial score (nSPS) is 13.5. The highest BCUT2D eigenvalue weighted by Gasteiger charge is 2.36. The first-order valence-corrected chi connectivity index (χ1v) is 8.96. The number of nitrogens with two attached hydrogens (primary N) is 1. The van der Waals surface area contributed by atoms with E-state index in [2.05, 4.69) is 38.4 Å². The maximum atomic E-state index is 11.9. The minimum absolute atomic E-state index is 0.0232. The van der Waals surface area contributed by atoms with Gasteiger partial charge in [-0.25, -0.2) is 4.79 Å². The zero-order chi connectivity index (χ0) is 16.2. The Labute approximate surface area is 129 Å². The van der Waals surface area contributed by atoms with Crippen molar-refractivity contribution in [3.63, 3.8) is 0 Å². The van der Waals surface area contributed by atoms with Gasteiger partial charge in [0.15, 0.2) is 5.69 Å². The number of aromatic nitrogens is 2. The molecule has 0 aliphatic heterocycles. The van der Waals surface area contributed by atoms with Crippen LogP contribution in [0.5, 0.6) is 0 Å². The molecule has 0 aliphatic rings. The molecule has 0 saturated carbocycles. The lowest BCUT2D eigenvalue weighted by Crippen LogP contribution is -2.36. The minimum Gasteiger partial charge on any atom is -0.461 e. The second kappa shape index (κ2) is 7.17. The molecule has 0 unspecified atom stereocenters. The Morgan fingerprint density at radius 3 is 2.57 bits per heavy atom. The molecule has 120 valence electrons. The third-order valence-corrected chi connectivity index (χ3v) is 4.56. The van der Waals surface area contributed by atoms with E-state index in [1.807, 2.05) is 0 Å². The maximum Gasteiger partial charge on any atom is 0.359 e. The van der Waals surface area contributed by atoms with E-state index in [0.29, 0.717) is 18.8 Å². The molecule has 0 amide bonds. The van der Waals surface area contributed by atoms with Gasteiger partial charge < -0.3 is 15.3 Å². The number of ether oxygens (including phenoxy) is 2. The minimum atomic E-state index is -0.476. The van der Waals surface area contributed by atoms with E-state index in [1.54, 1.807) is 13.1 Å². The topological polar surface area (TPSA) is 79.4 Å². The van der Waals surface area contributed by atoms with Crippen LogP contribution in [0.2, 0.25) is 0 Å². The molecule has 6 nitrogen and oxygen atoms in total. The molecule has 0 fully saturated rings. The van der Waals surface area contributed by atoms with E-state index in [4.69, 9.17) is 15.3 Å². The van der Waals surface area contributed by atoms with E-state index < -0.39 is 5.97 Å². The van der Waals surface area contributed by atoms with Crippen molar-refractivity contribution < 1.29 is 14.3 Å². The summed E-state index contributed by atoms with van der Waals surface area (Å²) >= 11 is 0. The molecule has 0 radical (unpaired) electrons. The van der Waals surface area contributed by atoms with Crippen molar-refractivity contribution in [2.75, 3.05) is 25.0 Å². The number of hydrogen-bond acceptors (Lipinski definition) is 5. The van der Waals surface area contributed by atoms with Crippen LogP contribution in [-0.2, 0) is 27.0 Å². The van der Waals surface area contributed by atoms with Gasteiger partial charge in [0.1, 0.15) is 0 Å². The molecule has 0 aromatic carbocycles. The third kappa shape index (κ3) is 4.64. The van der Waals surface area contributed by atoms with Gasteiger partial charge in [-0.15, -0.1) is 0 Å². The van der Waals surface area contributed by atoms with Crippen molar-refractivity contribution in [1.82, 2.24) is 9.89 Å². The summed E-state index contributed by atoms with van der Waals surface area (Å²) in [4.78, 5) is 12.9. The van der Waals surface area contributed by atoms with Gasteiger partial charge in [0, 0.05) is 21.9 Å². The Bertz CT molecular complexity index is 480. The first kappa shape index (κ1) is 17.8. The zero-order valence-corrected chi connectivity index (χ0v) is 14.5. The number of esters is 1. The van der Waals surface area contributed by atoms with Crippen LogP contribution in [0, 0.1) is 5.41 Å². The molecule has 1 rings (SSSR count). The monoisotopic (exact) mass is 316 g/mol. The molecule has 1 atom stereocenters. The van der Waals surface area contributed by atoms with Crippen LogP contribution in [-0.4, -0.2) is 40.4 Å². The first-order valence-electron chi connectivity index (χ1n) is 6.85. The highest BCUT2D eigenvalue weighted by Crippen LogP contribution is 2.27. The third-order valence-electron chi connectivity index (χ3n) is 2.87. The first-order chi connectivity index (χ1) is 9.68. The summed E-state index contributed by atoms with van der Waals surface area (Å²) in [6.45, 7) is 8.76. The molecule has 21 heavy (non-hydrogen) atoms. The highest BCUT2D eigenvalue weighted by molar-refractivity contribution is 7.96. The maximum absolute atomic E-state index is 11.9. The molecular formula is C14H26N3O3S+. The van der Waals surface area contributed by atoms with Crippen LogP contribution < -0.4 is 5.84 Å². The Morgan fingerprint density at radius 1 is 1.48 bits per heavy atom. The number of nitrogens with zero attached hydrogens (tertiary/aromatic N) is 2. The van der Waals surface area contributed by atoms with Gasteiger partial charge in [-0.1, -0.05) is 20.8 Å². The fourth-order valence-electron chi connectivity index (χ4n) is 2.19. The Hall–Kier alpha value is -1.21. The molecule has 0 saturated heterocycles. The quantitative estimate of drug-likeness (QED) is 0.489. The predicted octanol–water partition coefficient (Wildman–Crippen LogP) is 1.54. The number of carbonyl (C=O) groups is 1. The van der Waals surface area contributed by atoms with Crippen LogP contribution in [0.25, 0.3) is 0 Å². The average molecular weight is 316 g/mol. The van der Waals surface area contributed by atoms with Crippen LogP contribution in [0.15, 0.2) is 6.20 Å². The Kier molecular flexibility index (Phi) is 6.10. The number of hydrogen-bond donors (Lipinski definition) is 1. The van der Waals surface area contributed by atoms with E-state index >= 15 is 0 Å². The van der Waals surface area contributed by atoms with Gasteiger partial charge >= 0.3 is 5.97 Å². The molecule has 0 bridgehead atoms.